The van der Waals surface area contributed by atoms with Crippen LogP contribution < -0.4 is 5.32 Å². The molecule has 0 aliphatic carbocycles. The lowest BCUT2D eigenvalue weighted by Gasteiger charge is -2.05. The summed E-state index contributed by atoms with van der Waals surface area (Å²) < 4.78 is 0. The molecule has 0 radical (unpaired) electrons. The molecule has 0 heterocycles. The van der Waals surface area contributed by atoms with E-state index in [1.807, 2.05) is 0 Å². The molecule has 0 saturated heterocycles. The molecular weight excluding hydrogens is 218 g/mol. The van der Waals surface area contributed by atoms with Crippen LogP contribution in [0.3, 0.4) is 0 Å². The van der Waals surface area contributed by atoms with E-state index >= 15 is 0 Å². The van der Waals surface area contributed by atoms with Crippen LogP contribution >= 0.6 is 11.8 Å². The number of hydrogen-bond donors (Lipinski definition) is 1. The second-order valence-electron chi connectivity index (χ2n) is 3.73. The van der Waals surface area contributed by atoms with Gasteiger partial charge in [0.25, 0.3) is 0 Å². The van der Waals surface area contributed by atoms with Crippen LogP contribution in [0.5, 0.6) is 0 Å². The molecule has 16 heavy (non-hydrogen) atoms. The molecule has 1 amide bonds. The fraction of sp³-hybridized carbons (Fsp3) is 0.462. The van der Waals surface area contributed by atoms with Crippen molar-refractivity contribution in [2.75, 3.05) is 6.26 Å². The molecule has 0 aliphatic rings. The van der Waals surface area contributed by atoms with Crippen molar-refractivity contribution in [3.8, 4) is 0 Å². The highest BCUT2D eigenvalue weighted by atomic mass is 32.2. The van der Waals surface area contributed by atoms with Gasteiger partial charge in [-0.05, 0) is 30.4 Å². The fourth-order valence-corrected chi connectivity index (χ4v) is 1.78. The standard InChI is InChI=1S/C13H19NOS/c1-3-4-5-13(15)14-10-11-6-8-12(16-2)9-7-11/h6-9H,3-5,10H2,1-2H3,(H,14,15). The summed E-state index contributed by atoms with van der Waals surface area (Å²) in [4.78, 5) is 12.6. The first-order valence-electron chi connectivity index (χ1n) is 5.66. The van der Waals surface area contributed by atoms with Crippen LogP contribution in [0.25, 0.3) is 0 Å². The molecule has 0 aliphatic heterocycles. The fourth-order valence-electron chi connectivity index (χ4n) is 1.37. The van der Waals surface area contributed by atoms with Gasteiger partial charge < -0.3 is 5.32 Å². The number of nitrogens with one attached hydrogen (secondary N) is 1. The van der Waals surface area contributed by atoms with Crippen molar-refractivity contribution in [3.05, 3.63) is 29.8 Å². The zero-order chi connectivity index (χ0) is 11.8. The Labute approximate surface area is 102 Å². The Hall–Kier alpha value is -0.960. The van der Waals surface area contributed by atoms with E-state index in [4.69, 9.17) is 0 Å². The second kappa shape index (κ2) is 7.34. The predicted molar refractivity (Wildman–Crippen MR) is 69.6 cm³/mol. The van der Waals surface area contributed by atoms with E-state index in [1.54, 1.807) is 11.8 Å². The maximum atomic E-state index is 11.4. The zero-order valence-electron chi connectivity index (χ0n) is 9.95. The summed E-state index contributed by atoms with van der Waals surface area (Å²) in [5.41, 5.74) is 1.16. The van der Waals surface area contributed by atoms with Crippen molar-refractivity contribution in [3.63, 3.8) is 0 Å². The zero-order valence-corrected chi connectivity index (χ0v) is 10.8. The molecule has 1 N–H and O–H groups in total. The number of benzene rings is 1. The lowest BCUT2D eigenvalue weighted by Crippen LogP contribution is -2.22. The van der Waals surface area contributed by atoms with Gasteiger partial charge in [-0.25, -0.2) is 0 Å². The Kier molecular flexibility index (Phi) is 6.01. The SMILES string of the molecule is CCCCC(=O)NCc1ccc(SC)cc1. The van der Waals surface area contributed by atoms with Crippen molar-refractivity contribution in [2.45, 2.75) is 37.6 Å². The van der Waals surface area contributed by atoms with Crippen LogP contribution in [-0.2, 0) is 11.3 Å². The molecular formula is C13H19NOS. The number of unbranched alkanes of at least 4 members (excludes halogenated alkanes) is 1. The largest absolute Gasteiger partial charge is 0.352 e. The van der Waals surface area contributed by atoms with E-state index < -0.39 is 0 Å². The van der Waals surface area contributed by atoms with Gasteiger partial charge in [0.1, 0.15) is 0 Å². The van der Waals surface area contributed by atoms with Crippen molar-refractivity contribution in [1.29, 1.82) is 0 Å². The molecule has 1 aromatic rings. The topological polar surface area (TPSA) is 29.1 Å². The number of thioether (sulfide) groups is 1. The molecule has 1 rings (SSSR count). The molecule has 0 atom stereocenters. The molecule has 88 valence electrons. The molecule has 3 heteroatoms. The number of amides is 1. The van der Waals surface area contributed by atoms with Crippen LogP contribution in [0.15, 0.2) is 29.2 Å². The monoisotopic (exact) mass is 237 g/mol. The van der Waals surface area contributed by atoms with Gasteiger partial charge in [0.05, 0.1) is 0 Å². The van der Waals surface area contributed by atoms with Gasteiger partial charge in [0.15, 0.2) is 0 Å². The van der Waals surface area contributed by atoms with E-state index in [0.717, 1.165) is 18.4 Å². The number of carbonyl (C=O) groups excluding carboxylic acids is 1. The van der Waals surface area contributed by atoms with Gasteiger partial charge in [-0.3, -0.25) is 4.79 Å². The maximum Gasteiger partial charge on any atom is 0.220 e. The van der Waals surface area contributed by atoms with Crippen molar-refractivity contribution >= 4 is 17.7 Å². The number of hydrogen-bond acceptors (Lipinski definition) is 2. The first-order chi connectivity index (χ1) is 7.76. The molecule has 0 saturated carbocycles. The molecule has 1 aromatic carbocycles. The normalized spacial score (nSPS) is 10.1. The first kappa shape index (κ1) is 13.1. The van der Waals surface area contributed by atoms with Crippen molar-refractivity contribution < 1.29 is 4.79 Å². The van der Waals surface area contributed by atoms with Gasteiger partial charge in [-0.2, -0.15) is 0 Å². The van der Waals surface area contributed by atoms with Crippen LogP contribution in [-0.4, -0.2) is 12.2 Å². The van der Waals surface area contributed by atoms with E-state index in [1.165, 1.54) is 4.90 Å². The second-order valence-corrected chi connectivity index (χ2v) is 4.61. The molecule has 0 spiro atoms. The van der Waals surface area contributed by atoms with Crippen LogP contribution in [0.1, 0.15) is 31.7 Å². The summed E-state index contributed by atoms with van der Waals surface area (Å²) in [5, 5.41) is 2.93. The van der Waals surface area contributed by atoms with Crippen LogP contribution in [0.4, 0.5) is 0 Å². The third-order valence-electron chi connectivity index (χ3n) is 2.41. The van der Waals surface area contributed by atoms with Gasteiger partial charge in [0.2, 0.25) is 5.91 Å². The van der Waals surface area contributed by atoms with E-state index in [2.05, 4.69) is 42.8 Å². The minimum atomic E-state index is 0.149. The molecule has 0 bridgehead atoms. The third kappa shape index (κ3) is 4.71. The van der Waals surface area contributed by atoms with Gasteiger partial charge in [0, 0.05) is 17.9 Å². The summed E-state index contributed by atoms with van der Waals surface area (Å²) >= 11 is 1.73. The molecule has 0 aromatic heterocycles. The Bertz CT molecular complexity index is 321. The molecule has 0 unspecified atom stereocenters. The van der Waals surface area contributed by atoms with Crippen LogP contribution in [0, 0.1) is 0 Å². The third-order valence-corrected chi connectivity index (χ3v) is 3.15. The summed E-state index contributed by atoms with van der Waals surface area (Å²) in [7, 11) is 0. The van der Waals surface area contributed by atoms with Crippen molar-refractivity contribution in [2.24, 2.45) is 0 Å². The first-order valence-corrected chi connectivity index (χ1v) is 6.88. The van der Waals surface area contributed by atoms with Gasteiger partial charge in [-0.15, -0.1) is 11.8 Å². The van der Waals surface area contributed by atoms with Crippen molar-refractivity contribution in [1.82, 2.24) is 5.32 Å². The lowest BCUT2D eigenvalue weighted by atomic mass is 10.2. The minimum absolute atomic E-state index is 0.149. The van der Waals surface area contributed by atoms with Crippen LogP contribution in [0.2, 0.25) is 0 Å². The van der Waals surface area contributed by atoms with E-state index in [0.29, 0.717) is 13.0 Å². The molecule has 0 fully saturated rings. The lowest BCUT2D eigenvalue weighted by molar-refractivity contribution is -0.121. The summed E-state index contributed by atoms with van der Waals surface area (Å²) in [6.07, 6.45) is 4.73. The average molecular weight is 237 g/mol. The van der Waals surface area contributed by atoms with Gasteiger partial charge >= 0.3 is 0 Å². The summed E-state index contributed by atoms with van der Waals surface area (Å²) in [6.45, 7) is 2.73. The van der Waals surface area contributed by atoms with E-state index in [-0.39, 0.29) is 5.91 Å². The minimum Gasteiger partial charge on any atom is -0.352 e. The smallest absolute Gasteiger partial charge is 0.220 e. The Morgan fingerprint density at radius 1 is 1.31 bits per heavy atom. The van der Waals surface area contributed by atoms with E-state index in [9.17, 15) is 4.79 Å². The molecule has 2 nitrogen and oxygen atoms in total. The Morgan fingerprint density at radius 3 is 2.56 bits per heavy atom. The number of carbonyl (C=O) groups is 1. The highest BCUT2D eigenvalue weighted by Gasteiger charge is 2.00. The number of rotatable bonds is 6. The summed E-state index contributed by atoms with van der Waals surface area (Å²) in [5.74, 6) is 0.149. The van der Waals surface area contributed by atoms with Gasteiger partial charge in [-0.1, -0.05) is 25.5 Å². The quantitative estimate of drug-likeness (QED) is 0.770. The highest BCUT2D eigenvalue weighted by molar-refractivity contribution is 7.98. The predicted octanol–water partition coefficient (Wildman–Crippen LogP) is 3.21. The maximum absolute atomic E-state index is 11.4. The average Bonchev–Trinajstić information content (AvgIpc) is 2.34. The highest BCUT2D eigenvalue weighted by Crippen LogP contribution is 2.14. The Balaban J connectivity index is 2.33. The Morgan fingerprint density at radius 2 is 2.00 bits per heavy atom. The summed E-state index contributed by atoms with van der Waals surface area (Å²) in [6, 6.07) is 8.29.